The third-order valence-corrected chi connectivity index (χ3v) is 4.78. The normalized spacial score (nSPS) is 26.1. The summed E-state index contributed by atoms with van der Waals surface area (Å²) in [5.41, 5.74) is 0.410. The Kier molecular flexibility index (Phi) is 6.78. The molecule has 0 spiro atoms. The topological polar surface area (TPSA) is 177 Å². The minimum atomic E-state index is -1.78. The summed E-state index contributed by atoms with van der Waals surface area (Å²) in [6.07, 6.45) is -5.46. The number of rotatable bonds is 6. The minimum absolute atomic E-state index is 0.0575. The SMILES string of the molecule is O=C(C=Cc1ccc(O)cc1)c1ccc(O)c(O)c1OC1OC(CO)C(O)C(O)C1O. The van der Waals surface area contributed by atoms with Crippen LogP contribution in [0, 0.1) is 0 Å². The molecule has 2 aromatic carbocycles. The number of aliphatic hydroxyl groups is 4. The molecule has 1 saturated heterocycles. The first-order valence-corrected chi connectivity index (χ1v) is 9.26. The van der Waals surface area contributed by atoms with Gasteiger partial charge in [0.1, 0.15) is 30.2 Å². The van der Waals surface area contributed by atoms with Gasteiger partial charge in [-0.2, -0.15) is 0 Å². The maximum Gasteiger partial charge on any atom is 0.229 e. The predicted molar refractivity (Wildman–Crippen MR) is 106 cm³/mol. The Morgan fingerprint density at radius 3 is 2.29 bits per heavy atom. The molecule has 1 fully saturated rings. The second kappa shape index (κ2) is 9.33. The van der Waals surface area contributed by atoms with E-state index in [2.05, 4.69) is 0 Å². The van der Waals surface area contributed by atoms with Crippen LogP contribution in [0.15, 0.2) is 42.5 Å². The fourth-order valence-electron chi connectivity index (χ4n) is 3.00. The summed E-state index contributed by atoms with van der Waals surface area (Å²) in [7, 11) is 0. The monoisotopic (exact) mass is 434 g/mol. The van der Waals surface area contributed by atoms with Crippen LogP contribution in [0.25, 0.3) is 6.08 Å². The van der Waals surface area contributed by atoms with Crippen molar-refractivity contribution in [2.45, 2.75) is 30.7 Å². The molecular weight excluding hydrogens is 412 g/mol. The largest absolute Gasteiger partial charge is 0.508 e. The molecule has 2 aromatic rings. The van der Waals surface area contributed by atoms with Gasteiger partial charge in [-0.15, -0.1) is 0 Å². The molecular formula is C21H22O10. The highest BCUT2D eigenvalue weighted by atomic mass is 16.7. The Labute approximate surface area is 176 Å². The van der Waals surface area contributed by atoms with Gasteiger partial charge in [-0.05, 0) is 35.9 Å². The van der Waals surface area contributed by atoms with Gasteiger partial charge in [0.15, 0.2) is 17.3 Å². The molecule has 0 radical (unpaired) electrons. The van der Waals surface area contributed by atoms with Gasteiger partial charge in [-0.3, -0.25) is 4.79 Å². The van der Waals surface area contributed by atoms with E-state index in [-0.39, 0.29) is 11.3 Å². The van der Waals surface area contributed by atoms with E-state index in [0.29, 0.717) is 5.56 Å². The molecule has 7 N–H and O–H groups in total. The lowest BCUT2D eigenvalue weighted by molar-refractivity contribution is -0.277. The van der Waals surface area contributed by atoms with E-state index in [1.807, 2.05) is 0 Å². The lowest BCUT2D eigenvalue weighted by atomic mass is 9.99. The van der Waals surface area contributed by atoms with Crippen LogP contribution in [-0.4, -0.2) is 78.8 Å². The Morgan fingerprint density at radius 1 is 0.968 bits per heavy atom. The maximum atomic E-state index is 12.7. The number of phenolic OH excluding ortho intramolecular Hbond substituents is 3. The summed E-state index contributed by atoms with van der Waals surface area (Å²) in [5.74, 6) is -2.52. The third kappa shape index (κ3) is 4.79. The molecule has 166 valence electrons. The minimum Gasteiger partial charge on any atom is -0.508 e. The van der Waals surface area contributed by atoms with Gasteiger partial charge in [0.25, 0.3) is 0 Å². The highest BCUT2D eigenvalue weighted by molar-refractivity contribution is 6.09. The van der Waals surface area contributed by atoms with Crippen LogP contribution in [-0.2, 0) is 4.74 Å². The van der Waals surface area contributed by atoms with E-state index in [4.69, 9.17) is 9.47 Å². The molecule has 0 amide bonds. The molecule has 10 heteroatoms. The van der Waals surface area contributed by atoms with E-state index in [1.165, 1.54) is 30.4 Å². The Balaban J connectivity index is 1.89. The van der Waals surface area contributed by atoms with Crippen LogP contribution >= 0.6 is 0 Å². The average molecular weight is 434 g/mol. The second-order valence-corrected chi connectivity index (χ2v) is 6.91. The lowest BCUT2D eigenvalue weighted by Gasteiger charge is -2.39. The number of ether oxygens (including phenoxy) is 2. The molecule has 0 aliphatic carbocycles. The van der Waals surface area contributed by atoms with Crippen molar-refractivity contribution >= 4 is 11.9 Å². The van der Waals surface area contributed by atoms with Crippen molar-refractivity contribution in [1.82, 2.24) is 0 Å². The van der Waals surface area contributed by atoms with Crippen LogP contribution in [0.3, 0.4) is 0 Å². The molecule has 0 bridgehead atoms. The molecule has 5 atom stereocenters. The zero-order valence-electron chi connectivity index (χ0n) is 16.1. The second-order valence-electron chi connectivity index (χ2n) is 6.91. The Hall–Kier alpha value is -3.15. The van der Waals surface area contributed by atoms with Crippen LogP contribution < -0.4 is 4.74 Å². The number of hydrogen-bond donors (Lipinski definition) is 7. The summed E-state index contributed by atoms with van der Waals surface area (Å²) in [4.78, 5) is 12.7. The molecule has 3 rings (SSSR count). The fourth-order valence-corrected chi connectivity index (χ4v) is 3.00. The number of carbonyl (C=O) groups excluding carboxylic acids is 1. The van der Waals surface area contributed by atoms with Crippen LogP contribution in [0.1, 0.15) is 15.9 Å². The molecule has 1 aliphatic heterocycles. The van der Waals surface area contributed by atoms with Crippen molar-refractivity contribution in [2.24, 2.45) is 0 Å². The lowest BCUT2D eigenvalue weighted by Crippen LogP contribution is -2.60. The predicted octanol–water partition coefficient (Wildman–Crippen LogP) is -0.122. The summed E-state index contributed by atoms with van der Waals surface area (Å²) in [6.45, 7) is -0.696. The molecule has 10 nitrogen and oxygen atoms in total. The number of benzene rings is 2. The van der Waals surface area contributed by atoms with Crippen LogP contribution in [0.5, 0.6) is 23.0 Å². The van der Waals surface area contributed by atoms with Gasteiger partial charge in [0.05, 0.1) is 12.2 Å². The quantitative estimate of drug-likeness (QED) is 0.184. The molecule has 1 heterocycles. The van der Waals surface area contributed by atoms with Gasteiger partial charge in [0, 0.05) is 0 Å². The molecule has 5 unspecified atom stereocenters. The Morgan fingerprint density at radius 2 is 1.65 bits per heavy atom. The standard InChI is InChI=1S/C21H22O10/c22-9-15-17(27)18(28)19(29)21(30-15)31-20-12(6-8-14(25)16(20)26)13(24)7-3-10-1-4-11(23)5-2-10/h1-8,15,17-19,21-23,25-29H,9H2. The van der Waals surface area contributed by atoms with Crippen molar-refractivity contribution in [3.8, 4) is 23.0 Å². The zero-order chi connectivity index (χ0) is 22.7. The van der Waals surface area contributed by atoms with Gasteiger partial charge in [0.2, 0.25) is 12.0 Å². The first-order valence-electron chi connectivity index (χ1n) is 9.26. The maximum absolute atomic E-state index is 12.7. The summed E-state index contributed by atoms with van der Waals surface area (Å²) in [6, 6.07) is 8.25. The van der Waals surface area contributed by atoms with E-state index in [1.54, 1.807) is 12.1 Å². The van der Waals surface area contributed by atoms with Crippen molar-refractivity contribution in [3.63, 3.8) is 0 Å². The summed E-state index contributed by atoms with van der Waals surface area (Å²) in [5, 5.41) is 68.5. The zero-order valence-corrected chi connectivity index (χ0v) is 16.1. The van der Waals surface area contributed by atoms with Crippen molar-refractivity contribution in [3.05, 3.63) is 53.6 Å². The fraction of sp³-hybridized carbons (Fsp3) is 0.286. The van der Waals surface area contributed by atoms with E-state index < -0.39 is 60.3 Å². The third-order valence-electron chi connectivity index (χ3n) is 4.78. The number of aromatic hydroxyl groups is 3. The number of ketones is 1. The first kappa shape index (κ1) is 22.5. The van der Waals surface area contributed by atoms with Crippen molar-refractivity contribution < 1.29 is 50.0 Å². The molecule has 0 saturated carbocycles. The number of hydrogen-bond acceptors (Lipinski definition) is 10. The van der Waals surface area contributed by atoms with Gasteiger partial charge < -0.3 is 45.2 Å². The number of allylic oxidation sites excluding steroid dienone is 1. The van der Waals surface area contributed by atoms with Gasteiger partial charge >= 0.3 is 0 Å². The van der Waals surface area contributed by atoms with Gasteiger partial charge in [-0.25, -0.2) is 0 Å². The molecule has 0 aromatic heterocycles. The number of carbonyl (C=O) groups is 1. The van der Waals surface area contributed by atoms with Crippen LogP contribution in [0.2, 0.25) is 0 Å². The first-order chi connectivity index (χ1) is 14.7. The molecule has 31 heavy (non-hydrogen) atoms. The van der Waals surface area contributed by atoms with E-state index in [0.717, 1.165) is 6.07 Å². The number of phenols is 3. The van der Waals surface area contributed by atoms with E-state index in [9.17, 15) is 40.5 Å². The summed E-state index contributed by atoms with van der Waals surface area (Å²) >= 11 is 0. The van der Waals surface area contributed by atoms with Crippen molar-refractivity contribution in [1.29, 1.82) is 0 Å². The smallest absolute Gasteiger partial charge is 0.229 e. The van der Waals surface area contributed by atoms with Gasteiger partial charge in [-0.1, -0.05) is 18.2 Å². The summed E-state index contributed by atoms with van der Waals surface area (Å²) < 4.78 is 10.6. The average Bonchev–Trinajstić information content (AvgIpc) is 2.76. The van der Waals surface area contributed by atoms with Crippen LogP contribution in [0.4, 0.5) is 0 Å². The Bertz CT molecular complexity index is 953. The van der Waals surface area contributed by atoms with Crippen molar-refractivity contribution in [2.75, 3.05) is 6.61 Å². The number of aliphatic hydroxyl groups excluding tert-OH is 4. The highest BCUT2D eigenvalue weighted by Crippen LogP contribution is 2.40. The van der Waals surface area contributed by atoms with E-state index >= 15 is 0 Å². The highest BCUT2D eigenvalue weighted by Gasteiger charge is 2.45. The molecule has 1 aliphatic rings.